The van der Waals surface area contributed by atoms with Crippen molar-refractivity contribution >= 4 is 5.91 Å². The normalized spacial score (nSPS) is 24.2. The molecule has 1 amide bonds. The van der Waals surface area contributed by atoms with Gasteiger partial charge in [0.2, 0.25) is 5.91 Å². The molecule has 110 valence electrons. The van der Waals surface area contributed by atoms with Gasteiger partial charge < -0.3 is 20.5 Å². The van der Waals surface area contributed by atoms with Crippen LogP contribution < -0.4 is 10.6 Å². The Morgan fingerprint density at radius 1 is 1.47 bits per heavy atom. The lowest BCUT2D eigenvalue weighted by Crippen LogP contribution is -2.37. The Hall–Kier alpha value is -0.910. The maximum atomic E-state index is 11.0. The summed E-state index contributed by atoms with van der Waals surface area (Å²) in [5.74, 6) is 1.11. The number of aliphatic hydroxyl groups is 1. The summed E-state index contributed by atoms with van der Waals surface area (Å²) in [6, 6.07) is 0. The number of rotatable bonds is 8. The molecule has 19 heavy (non-hydrogen) atoms. The van der Waals surface area contributed by atoms with E-state index >= 15 is 0 Å². The fourth-order valence-corrected chi connectivity index (χ4v) is 2.09. The lowest BCUT2D eigenvalue weighted by molar-refractivity contribution is -0.119. The summed E-state index contributed by atoms with van der Waals surface area (Å²) < 4.78 is 5.56. The Bertz CT molecular complexity index is 294. The second kappa shape index (κ2) is 9.07. The highest BCUT2D eigenvalue weighted by molar-refractivity contribution is 5.77. The van der Waals surface area contributed by atoms with E-state index in [-0.39, 0.29) is 12.5 Å². The number of hydrogen-bond acceptors (Lipinski definition) is 4. The molecule has 5 heteroatoms. The van der Waals surface area contributed by atoms with Gasteiger partial charge in [-0.05, 0) is 24.7 Å². The van der Waals surface area contributed by atoms with Crippen molar-refractivity contribution in [2.45, 2.75) is 25.9 Å². The number of hydrogen-bond donors (Lipinski definition) is 3. The van der Waals surface area contributed by atoms with E-state index in [1.165, 1.54) is 0 Å². The van der Waals surface area contributed by atoms with E-state index in [4.69, 9.17) is 4.74 Å². The molecule has 0 saturated heterocycles. The Labute approximate surface area is 115 Å². The van der Waals surface area contributed by atoms with Crippen LogP contribution in [0.5, 0.6) is 0 Å². The van der Waals surface area contributed by atoms with Crippen LogP contribution in [0.3, 0.4) is 0 Å². The van der Waals surface area contributed by atoms with Crippen LogP contribution in [0.4, 0.5) is 0 Å². The molecule has 0 aromatic carbocycles. The number of aliphatic hydroxyl groups excluding tert-OH is 1. The Balaban J connectivity index is 2.05. The van der Waals surface area contributed by atoms with Gasteiger partial charge in [-0.3, -0.25) is 4.79 Å². The number of likely N-dealkylation sites (N-methyl/N-ethyl adjacent to an activating group) is 1. The van der Waals surface area contributed by atoms with Crippen LogP contribution in [0.2, 0.25) is 0 Å². The zero-order chi connectivity index (χ0) is 14.1. The molecule has 0 bridgehead atoms. The fraction of sp³-hybridized carbons (Fsp3) is 0.786. The molecule has 3 unspecified atom stereocenters. The molecule has 0 heterocycles. The smallest absolute Gasteiger partial charge is 0.233 e. The van der Waals surface area contributed by atoms with Crippen LogP contribution in [-0.4, -0.2) is 50.5 Å². The molecule has 0 saturated carbocycles. The van der Waals surface area contributed by atoms with E-state index < -0.39 is 6.10 Å². The van der Waals surface area contributed by atoms with Gasteiger partial charge in [0.1, 0.15) is 0 Å². The van der Waals surface area contributed by atoms with Gasteiger partial charge in [-0.1, -0.05) is 19.1 Å². The average Bonchev–Trinajstić information content (AvgIpc) is 2.40. The van der Waals surface area contributed by atoms with Crippen molar-refractivity contribution in [1.82, 2.24) is 10.6 Å². The number of ether oxygens (including phenoxy) is 1. The molecule has 3 N–H and O–H groups in total. The van der Waals surface area contributed by atoms with Gasteiger partial charge >= 0.3 is 0 Å². The van der Waals surface area contributed by atoms with Crippen molar-refractivity contribution in [2.75, 3.05) is 33.4 Å². The summed E-state index contributed by atoms with van der Waals surface area (Å²) in [6.45, 7) is 3.83. The minimum atomic E-state index is -0.570. The monoisotopic (exact) mass is 270 g/mol. The molecular formula is C14H26N2O3. The molecule has 0 aromatic rings. The third-order valence-electron chi connectivity index (χ3n) is 3.50. The van der Waals surface area contributed by atoms with Crippen LogP contribution in [0, 0.1) is 11.8 Å². The molecule has 5 nitrogen and oxygen atoms in total. The highest BCUT2D eigenvalue weighted by atomic mass is 16.5. The van der Waals surface area contributed by atoms with Gasteiger partial charge in [-0.2, -0.15) is 0 Å². The van der Waals surface area contributed by atoms with Crippen molar-refractivity contribution < 1.29 is 14.6 Å². The minimum absolute atomic E-state index is 0.0871. The highest BCUT2D eigenvalue weighted by Crippen LogP contribution is 2.24. The number of carbonyl (C=O) groups is 1. The predicted molar refractivity (Wildman–Crippen MR) is 74.8 cm³/mol. The van der Waals surface area contributed by atoms with Crippen LogP contribution in [0.1, 0.15) is 19.8 Å². The van der Waals surface area contributed by atoms with Crippen LogP contribution in [-0.2, 0) is 9.53 Å². The quantitative estimate of drug-likeness (QED) is 0.555. The maximum absolute atomic E-state index is 11.0. The van der Waals surface area contributed by atoms with Crippen molar-refractivity contribution in [3.8, 4) is 0 Å². The average molecular weight is 270 g/mol. The Kier molecular flexibility index (Phi) is 7.70. The summed E-state index contributed by atoms with van der Waals surface area (Å²) in [4.78, 5) is 11.0. The van der Waals surface area contributed by atoms with Crippen LogP contribution in [0.25, 0.3) is 0 Å². The molecule has 0 aromatic heterocycles. The maximum Gasteiger partial charge on any atom is 0.233 e. The summed E-state index contributed by atoms with van der Waals surface area (Å²) in [6.07, 6.45) is 6.03. The Morgan fingerprint density at radius 3 is 2.89 bits per heavy atom. The number of nitrogens with one attached hydrogen (secondary N) is 2. The largest absolute Gasteiger partial charge is 0.389 e. The summed E-state index contributed by atoms with van der Waals surface area (Å²) in [5, 5.41) is 15.1. The zero-order valence-electron chi connectivity index (χ0n) is 11.9. The summed E-state index contributed by atoms with van der Waals surface area (Å²) in [7, 11) is 1.59. The van der Waals surface area contributed by atoms with Gasteiger partial charge in [0.15, 0.2) is 0 Å². The molecule has 1 aliphatic rings. The second-order valence-corrected chi connectivity index (χ2v) is 5.18. The molecule has 1 aliphatic carbocycles. The molecule has 0 radical (unpaired) electrons. The van der Waals surface area contributed by atoms with Gasteiger partial charge in [-0.25, -0.2) is 0 Å². The van der Waals surface area contributed by atoms with E-state index in [0.717, 1.165) is 12.8 Å². The minimum Gasteiger partial charge on any atom is -0.389 e. The molecule has 3 atom stereocenters. The lowest BCUT2D eigenvalue weighted by Gasteiger charge is -2.25. The molecule has 0 fully saturated rings. The molecular weight excluding hydrogens is 244 g/mol. The van der Waals surface area contributed by atoms with Crippen molar-refractivity contribution in [3.05, 3.63) is 12.2 Å². The first-order valence-corrected chi connectivity index (χ1v) is 6.95. The first-order chi connectivity index (χ1) is 9.13. The number of carbonyl (C=O) groups excluding carboxylic acids is 1. The van der Waals surface area contributed by atoms with E-state index in [1.807, 2.05) is 0 Å². The molecule has 0 aliphatic heterocycles. The van der Waals surface area contributed by atoms with E-state index in [1.54, 1.807) is 7.05 Å². The third kappa shape index (κ3) is 6.71. The van der Waals surface area contributed by atoms with E-state index in [9.17, 15) is 9.90 Å². The van der Waals surface area contributed by atoms with Gasteiger partial charge in [0.25, 0.3) is 0 Å². The third-order valence-corrected chi connectivity index (χ3v) is 3.50. The number of amides is 1. The molecule has 0 spiro atoms. The van der Waals surface area contributed by atoms with E-state index in [2.05, 4.69) is 29.7 Å². The van der Waals surface area contributed by atoms with Crippen LogP contribution in [0.15, 0.2) is 12.2 Å². The van der Waals surface area contributed by atoms with Crippen LogP contribution >= 0.6 is 0 Å². The van der Waals surface area contributed by atoms with Gasteiger partial charge in [0, 0.05) is 13.6 Å². The SMILES string of the molecule is CNC(=O)CNCC(O)COCC1CC=CCC1C. The summed E-state index contributed by atoms with van der Waals surface area (Å²) >= 11 is 0. The van der Waals surface area contributed by atoms with E-state index in [0.29, 0.717) is 31.6 Å². The van der Waals surface area contributed by atoms with Gasteiger partial charge in [-0.15, -0.1) is 0 Å². The van der Waals surface area contributed by atoms with Crippen molar-refractivity contribution in [3.63, 3.8) is 0 Å². The summed E-state index contributed by atoms with van der Waals surface area (Å²) in [5.41, 5.74) is 0. The van der Waals surface area contributed by atoms with Crippen molar-refractivity contribution in [2.24, 2.45) is 11.8 Å². The van der Waals surface area contributed by atoms with Gasteiger partial charge in [0.05, 0.1) is 25.9 Å². The second-order valence-electron chi connectivity index (χ2n) is 5.18. The van der Waals surface area contributed by atoms with Crippen molar-refractivity contribution in [1.29, 1.82) is 0 Å². The predicted octanol–water partition coefficient (Wildman–Crippen LogP) is 0.302. The molecule has 1 rings (SSSR count). The topological polar surface area (TPSA) is 70.6 Å². The first kappa shape index (κ1) is 16.1. The fourth-order valence-electron chi connectivity index (χ4n) is 2.09. The number of allylic oxidation sites excluding steroid dienone is 2. The highest BCUT2D eigenvalue weighted by Gasteiger charge is 2.18. The first-order valence-electron chi connectivity index (χ1n) is 6.95. The lowest BCUT2D eigenvalue weighted by atomic mass is 9.85. The Morgan fingerprint density at radius 2 is 2.21 bits per heavy atom. The zero-order valence-corrected chi connectivity index (χ0v) is 11.9. The standard InChI is InChI=1S/C14H26N2O3/c1-11-5-3-4-6-12(11)9-19-10-13(17)7-16-8-14(18)15-2/h3-4,11-13,16-17H,5-10H2,1-2H3,(H,15,18).